The fourth-order valence-electron chi connectivity index (χ4n) is 3.10. The number of fused-ring (bicyclic) bond motifs is 1. The molecule has 4 rings (SSSR count). The fraction of sp³-hybridized carbons (Fsp3) is 0.143. The number of amides is 1. The third-order valence-corrected chi connectivity index (χ3v) is 4.55. The van der Waals surface area contributed by atoms with E-state index in [1.54, 1.807) is 25.3 Å². The number of benzene rings is 2. The summed E-state index contributed by atoms with van der Waals surface area (Å²) >= 11 is 0. The molecule has 2 heterocycles. The minimum Gasteiger partial charge on any atom is -0.497 e. The van der Waals surface area contributed by atoms with Crippen LogP contribution in [0.1, 0.15) is 16.2 Å². The first-order valence-corrected chi connectivity index (χ1v) is 9.09. The van der Waals surface area contributed by atoms with Crippen LogP contribution in [0.4, 0.5) is 0 Å². The first kappa shape index (κ1) is 18.4. The molecule has 1 amide bonds. The number of carbonyl (C=O) groups is 1. The van der Waals surface area contributed by atoms with Gasteiger partial charge in [-0.1, -0.05) is 24.3 Å². The predicted octanol–water partition coefficient (Wildman–Crippen LogP) is 2.29. The van der Waals surface area contributed by atoms with Crippen LogP contribution < -0.4 is 15.6 Å². The van der Waals surface area contributed by atoms with Crippen LogP contribution in [0.15, 0.2) is 59.5 Å². The molecule has 0 saturated carbocycles. The van der Waals surface area contributed by atoms with Crippen LogP contribution in [-0.2, 0) is 6.42 Å². The van der Waals surface area contributed by atoms with Gasteiger partial charge in [0.05, 0.1) is 35.5 Å². The van der Waals surface area contributed by atoms with Crippen LogP contribution in [0.25, 0.3) is 22.2 Å². The van der Waals surface area contributed by atoms with Gasteiger partial charge in [-0.3, -0.25) is 14.7 Å². The van der Waals surface area contributed by atoms with Crippen molar-refractivity contribution in [3.8, 4) is 17.0 Å². The topological polar surface area (TPSA) is 113 Å². The number of carbonyl (C=O) groups excluding carboxylic acids is 1. The lowest BCUT2D eigenvalue weighted by atomic mass is 10.1. The third-order valence-electron chi connectivity index (χ3n) is 4.55. The van der Waals surface area contributed by atoms with Gasteiger partial charge < -0.3 is 15.0 Å². The van der Waals surface area contributed by atoms with Gasteiger partial charge in [-0.15, -0.1) is 0 Å². The Kier molecular flexibility index (Phi) is 5.07. The van der Waals surface area contributed by atoms with Crippen molar-refractivity contribution in [1.29, 1.82) is 0 Å². The number of methoxy groups -OCH3 is 1. The summed E-state index contributed by atoms with van der Waals surface area (Å²) < 4.78 is 5.24. The van der Waals surface area contributed by atoms with E-state index in [1.807, 2.05) is 30.3 Å². The number of ether oxygens (including phenoxy) is 1. The summed E-state index contributed by atoms with van der Waals surface area (Å²) in [5.74, 6) is 0.948. The van der Waals surface area contributed by atoms with Crippen molar-refractivity contribution in [2.45, 2.75) is 6.42 Å². The van der Waals surface area contributed by atoms with E-state index in [1.165, 1.54) is 6.20 Å². The maximum absolute atomic E-state index is 12.6. The molecule has 3 N–H and O–H groups in total. The van der Waals surface area contributed by atoms with Gasteiger partial charge in [0.1, 0.15) is 11.6 Å². The normalized spacial score (nSPS) is 10.8. The first-order chi connectivity index (χ1) is 14.2. The van der Waals surface area contributed by atoms with E-state index in [0.29, 0.717) is 46.7 Å². The van der Waals surface area contributed by atoms with E-state index >= 15 is 0 Å². The Labute approximate surface area is 166 Å². The van der Waals surface area contributed by atoms with Crippen LogP contribution >= 0.6 is 0 Å². The van der Waals surface area contributed by atoms with Gasteiger partial charge in [-0.2, -0.15) is 5.10 Å². The standard InChI is InChI=1S/C21H19N5O3/c1-29-14-6-4-5-13(11-14)19-16(12-23-26-19)20(27)22-10-9-18-24-17-8-3-2-7-15(17)21(28)25-18/h2-8,11-12H,9-10H2,1H3,(H,22,27)(H,23,26)(H,24,25,28). The van der Waals surface area contributed by atoms with E-state index in [4.69, 9.17) is 4.74 Å². The highest BCUT2D eigenvalue weighted by atomic mass is 16.5. The van der Waals surface area contributed by atoms with Gasteiger partial charge in [0, 0.05) is 18.5 Å². The molecule has 0 aliphatic heterocycles. The molecule has 2 aromatic heterocycles. The number of rotatable bonds is 6. The molecule has 0 atom stereocenters. The first-order valence-electron chi connectivity index (χ1n) is 9.09. The number of nitrogens with zero attached hydrogens (tertiary/aromatic N) is 2. The number of H-pyrrole nitrogens is 2. The molecule has 0 bridgehead atoms. The zero-order valence-electron chi connectivity index (χ0n) is 15.7. The van der Waals surface area contributed by atoms with E-state index in [0.717, 1.165) is 5.56 Å². The second kappa shape index (κ2) is 7.97. The largest absolute Gasteiger partial charge is 0.497 e. The average Bonchev–Trinajstić information content (AvgIpc) is 3.24. The van der Waals surface area contributed by atoms with Crippen molar-refractivity contribution >= 4 is 16.8 Å². The number of hydrogen-bond donors (Lipinski definition) is 3. The van der Waals surface area contributed by atoms with Crippen LogP contribution in [-0.4, -0.2) is 39.7 Å². The predicted molar refractivity (Wildman–Crippen MR) is 109 cm³/mol. The molecule has 2 aromatic carbocycles. The second-order valence-electron chi connectivity index (χ2n) is 6.43. The second-order valence-corrected chi connectivity index (χ2v) is 6.43. The van der Waals surface area contributed by atoms with Gasteiger partial charge in [0.25, 0.3) is 11.5 Å². The highest BCUT2D eigenvalue weighted by molar-refractivity contribution is 5.99. The molecule has 8 nitrogen and oxygen atoms in total. The van der Waals surface area contributed by atoms with Gasteiger partial charge in [-0.25, -0.2) is 4.98 Å². The van der Waals surface area contributed by atoms with Crippen molar-refractivity contribution in [1.82, 2.24) is 25.5 Å². The molecule has 0 spiro atoms. The Bertz CT molecular complexity index is 1230. The smallest absolute Gasteiger partial charge is 0.258 e. The molecule has 4 aromatic rings. The molecule has 8 heteroatoms. The van der Waals surface area contributed by atoms with Crippen molar-refractivity contribution < 1.29 is 9.53 Å². The highest BCUT2D eigenvalue weighted by Gasteiger charge is 2.15. The zero-order valence-corrected chi connectivity index (χ0v) is 15.7. The molecule has 0 unspecified atom stereocenters. The number of para-hydroxylation sites is 1. The zero-order chi connectivity index (χ0) is 20.2. The number of hydrogen-bond acceptors (Lipinski definition) is 5. The van der Waals surface area contributed by atoms with Gasteiger partial charge >= 0.3 is 0 Å². The Hall–Kier alpha value is -3.94. The van der Waals surface area contributed by atoms with Crippen molar-refractivity contribution in [2.75, 3.05) is 13.7 Å². The van der Waals surface area contributed by atoms with Crippen molar-refractivity contribution in [2.24, 2.45) is 0 Å². The van der Waals surface area contributed by atoms with E-state index < -0.39 is 0 Å². The summed E-state index contributed by atoms with van der Waals surface area (Å²) in [5.41, 5.74) is 2.28. The quantitative estimate of drug-likeness (QED) is 0.468. The van der Waals surface area contributed by atoms with Crippen LogP contribution in [0, 0.1) is 0 Å². The summed E-state index contributed by atoms with van der Waals surface area (Å²) in [5, 5.41) is 10.3. The Balaban J connectivity index is 1.46. The summed E-state index contributed by atoms with van der Waals surface area (Å²) in [7, 11) is 1.59. The number of aromatic amines is 2. The maximum Gasteiger partial charge on any atom is 0.258 e. The Morgan fingerprint density at radius 1 is 1.17 bits per heavy atom. The van der Waals surface area contributed by atoms with Gasteiger partial charge in [0.2, 0.25) is 0 Å². The minimum absolute atomic E-state index is 0.188. The van der Waals surface area contributed by atoms with Crippen LogP contribution in [0.2, 0.25) is 0 Å². The lowest BCUT2D eigenvalue weighted by Crippen LogP contribution is -2.27. The SMILES string of the molecule is COc1cccc(-c2[nH]ncc2C(=O)NCCc2nc3ccccc3c(=O)[nH]2)c1. The lowest BCUT2D eigenvalue weighted by Gasteiger charge is -2.07. The molecule has 0 saturated heterocycles. The fourth-order valence-corrected chi connectivity index (χ4v) is 3.10. The Morgan fingerprint density at radius 2 is 2.03 bits per heavy atom. The number of nitrogens with one attached hydrogen (secondary N) is 3. The summed E-state index contributed by atoms with van der Waals surface area (Å²) in [6.45, 7) is 0.322. The van der Waals surface area contributed by atoms with E-state index in [-0.39, 0.29) is 11.5 Å². The molecular weight excluding hydrogens is 370 g/mol. The highest BCUT2D eigenvalue weighted by Crippen LogP contribution is 2.24. The molecule has 0 radical (unpaired) electrons. The summed E-state index contributed by atoms with van der Waals surface area (Å²) in [6.07, 6.45) is 1.89. The van der Waals surface area contributed by atoms with Crippen molar-refractivity contribution in [3.05, 3.63) is 76.5 Å². The summed E-state index contributed by atoms with van der Waals surface area (Å²) in [6, 6.07) is 14.5. The average molecular weight is 389 g/mol. The maximum atomic E-state index is 12.6. The van der Waals surface area contributed by atoms with E-state index in [2.05, 4.69) is 25.5 Å². The molecule has 29 heavy (non-hydrogen) atoms. The Morgan fingerprint density at radius 3 is 2.90 bits per heavy atom. The number of aromatic nitrogens is 4. The summed E-state index contributed by atoms with van der Waals surface area (Å²) in [4.78, 5) is 32.0. The molecule has 146 valence electrons. The van der Waals surface area contributed by atoms with E-state index in [9.17, 15) is 9.59 Å². The molecular formula is C21H19N5O3. The minimum atomic E-state index is -0.264. The van der Waals surface area contributed by atoms with Crippen LogP contribution in [0.5, 0.6) is 5.75 Å². The van der Waals surface area contributed by atoms with Gasteiger partial charge in [-0.05, 0) is 24.3 Å². The lowest BCUT2D eigenvalue weighted by molar-refractivity contribution is 0.0954. The molecule has 0 fully saturated rings. The molecule has 0 aliphatic rings. The van der Waals surface area contributed by atoms with Crippen molar-refractivity contribution in [3.63, 3.8) is 0 Å². The molecule has 0 aliphatic carbocycles. The third kappa shape index (κ3) is 3.86. The monoisotopic (exact) mass is 389 g/mol. The van der Waals surface area contributed by atoms with Gasteiger partial charge in [0.15, 0.2) is 0 Å². The van der Waals surface area contributed by atoms with Crippen LogP contribution in [0.3, 0.4) is 0 Å².